The fourth-order valence-corrected chi connectivity index (χ4v) is 5.06. The molecular formula is C24H24N6O2S. The first-order valence-corrected chi connectivity index (χ1v) is 11.7. The van der Waals surface area contributed by atoms with Crippen molar-refractivity contribution in [2.24, 2.45) is 0 Å². The minimum absolute atomic E-state index is 0.131. The number of nitrogens with zero attached hydrogens (tertiary/aromatic N) is 5. The van der Waals surface area contributed by atoms with Gasteiger partial charge in [-0.15, -0.1) is 0 Å². The van der Waals surface area contributed by atoms with Gasteiger partial charge in [-0.1, -0.05) is 29.5 Å². The number of hydrogen-bond donors (Lipinski definition) is 1. The lowest BCUT2D eigenvalue weighted by Crippen LogP contribution is -2.27. The Balaban J connectivity index is 1.39. The first-order valence-electron chi connectivity index (χ1n) is 10.7. The van der Waals surface area contributed by atoms with Gasteiger partial charge in [0.25, 0.3) is 5.56 Å². The molecule has 0 aliphatic carbocycles. The van der Waals surface area contributed by atoms with Crippen LogP contribution in [-0.2, 0) is 4.79 Å². The van der Waals surface area contributed by atoms with Crippen molar-refractivity contribution in [3.8, 4) is 5.69 Å². The average Bonchev–Trinajstić information content (AvgIpc) is 3.40. The van der Waals surface area contributed by atoms with E-state index >= 15 is 0 Å². The van der Waals surface area contributed by atoms with E-state index in [1.54, 1.807) is 15.4 Å². The summed E-state index contributed by atoms with van der Waals surface area (Å²) in [5.74, 6) is 0.494. The largest absolute Gasteiger partial charge is 0.378 e. The zero-order chi connectivity index (χ0) is 23.1. The Bertz CT molecular complexity index is 1390. The van der Waals surface area contributed by atoms with Gasteiger partial charge < -0.3 is 10.2 Å². The van der Waals surface area contributed by atoms with Crippen LogP contribution in [0, 0.1) is 6.92 Å². The van der Waals surface area contributed by atoms with Crippen LogP contribution in [0.15, 0.2) is 64.7 Å². The van der Waals surface area contributed by atoms with E-state index in [1.807, 2.05) is 74.4 Å². The molecule has 4 aromatic rings. The molecule has 1 unspecified atom stereocenters. The summed E-state index contributed by atoms with van der Waals surface area (Å²) in [7, 11) is 3.94. The van der Waals surface area contributed by atoms with E-state index in [0.29, 0.717) is 21.9 Å². The third kappa shape index (κ3) is 4.00. The second-order valence-corrected chi connectivity index (χ2v) is 9.34. The van der Waals surface area contributed by atoms with Crippen molar-refractivity contribution in [3.05, 3.63) is 70.6 Å². The van der Waals surface area contributed by atoms with E-state index in [9.17, 15) is 9.59 Å². The monoisotopic (exact) mass is 460 g/mol. The van der Waals surface area contributed by atoms with Crippen molar-refractivity contribution in [2.45, 2.75) is 24.5 Å². The molecule has 1 N–H and O–H groups in total. The number of carbonyl (C=O) groups is 1. The van der Waals surface area contributed by atoms with Crippen molar-refractivity contribution in [2.75, 3.05) is 30.1 Å². The average molecular weight is 461 g/mol. The number of amides is 1. The second kappa shape index (κ2) is 8.40. The van der Waals surface area contributed by atoms with Gasteiger partial charge in [-0.25, -0.2) is 9.67 Å². The van der Waals surface area contributed by atoms with Crippen LogP contribution in [0.3, 0.4) is 0 Å². The van der Waals surface area contributed by atoms with Gasteiger partial charge in [0, 0.05) is 37.6 Å². The summed E-state index contributed by atoms with van der Waals surface area (Å²) in [5, 5.41) is 8.41. The third-order valence-electron chi connectivity index (χ3n) is 5.74. The number of thioether (sulfide) groups is 1. The maximum absolute atomic E-state index is 13.3. The third-order valence-corrected chi connectivity index (χ3v) is 6.84. The number of anilines is 2. The fourth-order valence-electron chi connectivity index (χ4n) is 3.92. The van der Waals surface area contributed by atoms with Gasteiger partial charge in [0.1, 0.15) is 5.39 Å². The molecule has 2 aromatic carbocycles. The Labute approximate surface area is 195 Å². The van der Waals surface area contributed by atoms with Crippen LogP contribution < -0.4 is 15.8 Å². The molecule has 2 aromatic heterocycles. The topological polar surface area (TPSA) is 85.0 Å². The lowest BCUT2D eigenvalue weighted by molar-refractivity contribution is -0.116. The number of nitrogens with one attached hydrogen (secondary N) is 1. The van der Waals surface area contributed by atoms with Gasteiger partial charge in [0.05, 0.1) is 17.9 Å². The second-order valence-electron chi connectivity index (χ2n) is 8.36. The zero-order valence-corrected chi connectivity index (χ0v) is 19.5. The number of rotatable bonds is 5. The van der Waals surface area contributed by atoms with Gasteiger partial charge in [0.2, 0.25) is 5.91 Å². The summed E-state index contributed by atoms with van der Waals surface area (Å²) in [4.78, 5) is 32.7. The van der Waals surface area contributed by atoms with E-state index in [0.717, 1.165) is 22.6 Å². The molecule has 5 rings (SSSR count). The maximum atomic E-state index is 13.3. The van der Waals surface area contributed by atoms with Crippen LogP contribution in [0.25, 0.3) is 16.7 Å². The quantitative estimate of drug-likeness (QED) is 0.458. The Hall–Kier alpha value is -3.59. The number of fused-ring (bicyclic) bond motifs is 2. The van der Waals surface area contributed by atoms with Gasteiger partial charge in [-0.3, -0.25) is 14.2 Å². The molecule has 168 valence electrons. The summed E-state index contributed by atoms with van der Waals surface area (Å²) in [6, 6.07) is 15.3. The molecule has 9 heteroatoms. The summed E-state index contributed by atoms with van der Waals surface area (Å²) < 4.78 is 3.33. The van der Waals surface area contributed by atoms with Crippen LogP contribution >= 0.6 is 11.8 Å². The lowest BCUT2D eigenvalue weighted by atomic mass is 10.2. The molecule has 0 saturated heterocycles. The van der Waals surface area contributed by atoms with Gasteiger partial charge in [0.15, 0.2) is 10.8 Å². The molecule has 0 fully saturated rings. The molecule has 1 aliphatic rings. The highest BCUT2D eigenvalue weighted by Crippen LogP contribution is 2.33. The Kier molecular flexibility index (Phi) is 5.41. The summed E-state index contributed by atoms with van der Waals surface area (Å²) >= 11 is 1.49. The van der Waals surface area contributed by atoms with Crippen LogP contribution in [0.4, 0.5) is 11.4 Å². The summed E-state index contributed by atoms with van der Waals surface area (Å²) in [5.41, 5.74) is 4.17. The molecule has 3 heterocycles. The van der Waals surface area contributed by atoms with E-state index in [-0.39, 0.29) is 23.9 Å². The Morgan fingerprint density at radius 1 is 1.15 bits per heavy atom. The van der Waals surface area contributed by atoms with Crippen LogP contribution in [-0.4, -0.2) is 45.1 Å². The minimum Gasteiger partial charge on any atom is -0.378 e. The van der Waals surface area contributed by atoms with Crippen molar-refractivity contribution < 1.29 is 4.79 Å². The van der Waals surface area contributed by atoms with Gasteiger partial charge in [-0.2, -0.15) is 5.10 Å². The normalized spacial score (nSPS) is 14.9. The number of hydrogen-bond acceptors (Lipinski definition) is 6. The molecule has 0 spiro atoms. The van der Waals surface area contributed by atoms with E-state index < -0.39 is 0 Å². The van der Waals surface area contributed by atoms with Crippen molar-refractivity contribution in [3.63, 3.8) is 0 Å². The smallest absolute Gasteiger partial charge is 0.265 e. The Morgan fingerprint density at radius 3 is 2.58 bits per heavy atom. The Morgan fingerprint density at radius 2 is 1.88 bits per heavy atom. The molecule has 33 heavy (non-hydrogen) atoms. The van der Waals surface area contributed by atoms with Crippen molar-refractivity contribution in [1.29, 1.82) is 0 Å². The summed E-state index contributed by atoms with van der Waals surface area (Å²) in [6.07, 6.45) is 1.76. The number of aromatic nitrogens is 4. The highest BCUT2D eigenvalue weighted by molar-refractivity contribution is 7.99. The molecule has 0 saturated carbocycles. The van der Waals surface area contributed by atoms with Crippen molar-refractivity contribution >= 4 is 40.1 Å². The molecular weight excluding hydrogens is 436 g/mol. The molecule has 1 aliphatic heterocycles. The molecule has 0 radical (unpaired) electrons. The van der Waals surface area contributed by atoms with Crippen LogP contribution in [0.5, 0.6) is 0 Å². The molecule has 1 atom stereocenters. The van der Waals surface area contributed by atoms with E-state index in [1.165, 1.54) is 11.8 Å². The highest BCUT2D eigenvalue weighted by Gasteiger charge is 2.29. The zero-order valence-electron chi connectivity index (χ0n) is 18.6. The molecule has 0 bridgehead atoms. The first-order chi connectivity index (χ1) is 15.9. The van der Waals surface area contributed by atoms with Crippen LogP contribution in [0.2, 0.25) is 0 Å². The van der Waals surface area contributed by atoms with Gasteiger partial charge >= 0.3 is 0 Å². The predicted octanol–water partition coefficient (Wildman–Crippen LogP) is 3.63. The van der Waals surface area contributed by atoms with E-state index in [2.05, 4.69) is 10.4 Å². The molecule has 1 amide bonds. The summed E-state index contributed by atoms with van der Waals surface area (Å²) in [6.45, 7) is 2.02. The SMILES string of the molecule is Cc1ccc(-n2ncc3c(=O)n4c(nc32)SCC4CC(=O)Nc2ccc(N(C)C)cc2)cc1. The maximum Gasteiger partial charge on any atom is 0.265 e. The number of aryl methyl sites for hydroxylation is 1. The van der Waals surface area contributed by atoms with Crippen molar-refractivity contribution in [1.82, 2.24) is 19.3 Å². The molecule has 8 nitrogen and oxygen atoms in total. The first kappa shape index (κ1) is 21.3. The standard InChI is InChI=1S/C24H24N6O2S/c1-15-4-8-18(9-5-15)30-22-20(13-25-30)23(32)29-19(14-33-24(29)27-22)12-21(31)26-16-6-10-17(11-7-16)28(2)3/h4-11,13,19H,12,14H2,1-3H3,(H,26,31). The van der Waals surface area contributed by atoms with Crippen LogP contribution in [0.1, 0.15) is 18.0 Å². The predicted molar refractivity (Wildman–Crippen MR) is 132 cm³/mol. The number of carbonyl (C=O) groups excluding carboxylic acids is 1. The highest BCUT2D eigenvalue weighted by atomic mass is 32.2. The lowest BCUT2D eigenvalue weighted by Gasteiger charge is -2.15. The fraction of sp³-hybridized carbons (Fsp3) is 0.250. The number of benzene rings is 2. The minimum atomic E-state index is -0.252. The van der Waals surface area contributed by atoms with Gasteiger partial charge in [-0.05, 0) is 43.3 Å². The van der Waals surface area contributed by atoms with E-state index in [4.69, 9.17) is 4.98 Å².